The molecule has 1 fully saturated rings. The van der Waals surface area contributed by atoms with E-state index >= 15 is 0 Å². The van der Waals surface area contributed by atoms with Crippen molar-refractivity contribution in [3.8, 4) is 0 Å². The molecule has 2 rings (SSSR count). The van der Waals surface area contributed by atoms with Crippen LogP contribution in [-0.4, -0.2) is 59.1 Å². The molecule has 0 radical (unpaired) electrons. The fraction of sp³-hybridized carbons (Fsp3) is 0.769. The number of H-pyrrole nitrogens is 1. The van der Waals surface area contributed by atoms with E-state index in [9.17, 15) is 4.79 Å². The Labute approximate surface area is 108 Å². The van der Waals surface area contributed by atoms with Gasteiger partial charge in [-0.2, -0.15) is 0 Å². The molecule has 5 nitrogen and oxygen atoms in total. The molecule has 1 aromatic rings. The number of rotatable bonds is 4. The molecular weight excluding hydrogens is 228 g/mol. The zero-order valence-electron chi connectivity index (χ0n) is 11.4. The van der Waals surface area contributed by atoms with Crippen molar-refractivity contribution in [1.29, 1.82) is 0 Å². The third kappa shape index (κ3) is 3.46. The summed E-state index contributed by atoms with van der Waals surface area (Å²) in [6.07, 6.45) is 7.29. The second kappa shape index (κ2) is 6.20. The summed E-state index contributed by atoms with van der Waals surface area (Å²) in [7, 11) is 4.33. The largest absolute Gasteiger partial charge is 0.325 e. The first-order valence-electron chi connectivity index (χ1n) is 6.79. The minimum absolute atomic E-state index is 0.00371. The van der Waals surface area contributed by atoms with Crippen molar-refractivity contribution in [3.05, 3.63) is 22.9 Å². The van der Waals surface area contributed by atoms with Gasteiger partial charge in [0.25, 0.3) is 0 Å². The zero-order valence-corrected chi connectivity index (χ0v) is 11.4. The number of aromatic amines is 1. The second-order valence-corrected chi connectivity index (χ2v) is 5.35. The first kappa shape index (κ1) is 13.4. The van der Waals surface area contributed by atoms with E-state index in [-0.39, 0.29) is 5.69 Å². The predicted molar refractivity (Wildman–Crippen MR) is 72.8 cm³/mol. The summed E-state index contributed by atoms with van der Waals surface area (Å²) in [6.45, 7) is 4.05. The maximum absolute atomic E-state index is 11.4. The van der Waals surface area contributed by atoms with E-state index in [1.807, 2.05) is 6.20 Å². The van der Waals surface area contributed by atoms with E-state index in [0.29, 0.717) is 6.04 Å². The van der Waals surface area contributed by atoms with Gasteiger partial charge >= 0.3 is 5.69 Å². The molecule has 1 saturated heterocycles. The van der Waals surface area contributed by atoms with Crippen LogP contribution in [0.4, 0.5) is 0 Å². The summed E-state index contributed by atoms with van der Waals surface area (Å²) in [5.74, 6) is 0. The Morgan fingerprint density at radius 2 is 2.17 bits per heavy atom. The highest BCUT2D eigenvalue weighted by molar-refractivity contribution is 4.78. The van der Waals surface area contributed by atoms with Crippen LogP contribution in [0.1, 0.15) is 19.3 Å². The molecule has 0 bridgehead atoms. The minimum Gasteiger partial charge on any atom is -0.313 e. The summed E-state index contributed by atoms with van der Waals surface area (Å²) in [6, 6.07) is 0.713. The lowest BCUT2D eigenvalue weighted by molar-refractivity contribution is 0.244. The summed E-state index contributed by atoms with van der Waals surface area (Å²) >= 11 is 0. The standard InChI is InChI=1S/C13H24N4O/c1-15(2)12-4-3-7-16(8-5-12)10-11-17-9-6-14-13(17)18/h6,9,12H,3-5,7-8,10-11H2,1-2H3,(H,14,18)/t12-/m0/s1. The molecule has 1 N–H and O–H groups in total. The number of nitrogens with one attached hydrogen (secondary N) is 1. The molecule has 2 heterocycles. The molecule has 5 heteroatoms. The predicted octanol–water partition coefficient (Wildman–Crippen LogP) is 0.592. The third-order valence-corrected chi connectivity index (χ3v) is 3.90. The van der Waals surface area contributed by atoms with Crippen molar-refractivity contribution in [3.63, 3.8) is 0 Å². The van der Waals surface area contributed by atoms with E-state index in [1.165, 1.54) is 19.3 Å². The van der Waals surface area contributed by atoms with Crippen LogP contribution >= 0.6 is 0 Å². The van der Waals surface area contributed by atoms with E-state index in [0.717, 1.165) is 26.2 Å². The quantitative estimate of drug-likeness (QED) is 0.853. The molecule has 102 valence electrons. The molecule has 1 aliphatic rings. The van der Waals surface area contributed by atoms with Crippen LogP contribution < -0.4 is 5.69 Å². The lowest BCUT2D eigenvalue weighted by atomic mass is 10.1. The Kier molecular flexibility index (Phi) is 4.60. The number of nitrogens with zero attached hydrogens (tertiary/aromatic N) is 3. The Balaban J connectivity index is 1.80. The van der Waals surface area contributed by atoms with E-state index in [4.69, 9.17) is 0 Å². The van der Waals surface area contributed by atoms with Gasteiger partial charge in [0.2, 0.25) is 0 Å². The van der Waals surface area contributed by atoms with Gasteiger partial charge in [-0.25, -0.2) is 4.79 Å². The molecule has 0 spiro atoms. The third-order valence-electron chi connectivity index (χ3n) is 3.90. The average Bonchev–Trinajstić information content (AvgIpc) is 2.62. The van der Waals surface area contributed by atoms with Gasteiger partial charge in [-0.05, 0) is 46.4 Å². The number of hydrogen-bond acceptors (Lipinski definition) is 3. The van der Waals surface area contributed by atoms with Gasteiger partial charge < -0.3 is 14.8 Å². The van der Waals surface area contributed by atoms with Crippen LogP contribution in [-0.2, 0) is 6.54 Å². The van der Waals surface area contributed by atoms with Crippen LogP contribution in [0.2, 0.25) is 0 Å². The van der Waals surface area contributed by atoms with Gasteiger partial charge in [0.05, 0.1) is 0 Å². The van der Waals surface area contributed by atoms with Crippen LogP contribution in [0.15, 0.2) is 17.2 Å². The van der Waals surface area contributed by atoms with Crippen molar-refractivity contribution in [2.24, 2.45) is 0 Å². The fourth-order valence-electron chi connectivity index (χ4n) is 2.65. The van der Waals surface area contributed by atoms with Crippen LogP contribution in [0.5, 0.6) is 0 Å². The molecule has 1 aromatic heterocycles. The maximum atomic E-state index is 11.4. The molecule has 0 saturated carbocycles. The van der Waals surface area contributed by atoms with Crippen LogP contribution in [0, 0.1) is 0 Å². The lowest BCUT2D eigenvalue weighted by Gasteiger charge is -2.23. The van der Waals surface area contributed by atoms with E-state index < -0.39 is 0 Å². The Hall–Kier alpha value is -1.07. The molecule has 0 aliphatic carbocycles. The molecule has 18 heavy (non-hydrogen) atoms. The van der Waals surface area contributed by atoms with Gasteiger partial charge in [-0.1, -0.05) is 0 Å². The van der Waals surface area contributed by atoms with Gasteiger partial charge in [0.1, 0.15) is 0 Å². The number of hydrogen-bond donors (Lipinski definition) is 1. The normalized spacial score (nSPS) is 22.3. The van der Waals surface area contributed by atoms with Crippen molar-refractivity contribution >= 4 is 0 Å². The Bertz CT molecular complexity index is 409. The Morgan fingerprint density at radius 1 is 1.33 bits per heavy atom. The molecular formula is C13H24N4O. The van der Waals surface area contributed by atoms with Crippen LogP contribution in [0.3, 0.4) is 0 Å². The highest BCUT2D eigenvalue weighted by Crippen LogP contribution is 2.14. The zero-order chi connectivity index (χ0) is 13.0. The highest BCUT2D eigenvalue weighted by atomic mass is 16.1. The van der Waals surface area contributed by atoms with E-state index in [2.05, 4.69) is 28.9 Å². The first-order valence-corrected chi connectivity index (χ1v) is 6.79. The summed E-state index contributed by atoms with van der Waals surface area (Å²) in [4.78, 5) is 18.9. The molecule has 0 unspecified atom stereocenters. The topological polar surface area (TPSA) is 44.3 Å². The number of aromatic nitrogens is 2. The van der Waals surface area contributed by atoms with Crippen molar-refractivity contribution < 1.29 is 0 Å². The summed E-state index contributed by atoms with van der Waals surface area (Å²) in [5.41, 5.74) is -0.00371. The first-order chi connectivity index (χ1) is 8.66. The Morgan fingerprint density at radius 3 is 2.83 bits per heavy atom. The van der Waals surface area contributed by atoms with Crippen molar-refractivity contribution in [1.82, 2.24) is 19.4 Å². The highest BCUT2D eigenvalue weighted by Gasteiger charge is 2.18. The van der Waals surface area contributed by atoms with Gasteiger partial charge in [-0.3, -0.25) is 4.57 Å². The molecule has 0 aromatic carbocycles. The SMILES string of the molecule is CN(C)[C@H]1CCCN(CCn2cc[nH]c2=O)CC1. The van der Waals surface area contributed by atoms with Gasteiger partial charge in [0.15, 0.2) is 0 Å². The number of likely N-dealkylation sites (tertiary alicyclic amines) is 1. The molecule has 0 amide bonds. The molecule has 1 atom stereocenters. The molecule has 1 aliphatic heterocycles. The second-order valence-electron chi connectivity index (χ2n) is 5.35. The summed E-state index contributed by atoms with van der Waals surface area (Å²) < 4.78 is 1.74. The smallest absolute Gasteiger partial charge is 0.313 e. The number of imidazole rings is 1. The maximum Gasteiger partial charge on any atom is 0.325 e. The fourth-order valence-corrected chi connectivity index (χ4v) is 2.65. The van der Waals surface area contributed by atoms with Gasteiger partial charge in [0, 0.05) is 31.5 Å². The van der Waals surface area contributed by atoms with E-state index in [1.54, 1.807) is 10.8 Å². The lowest BCUT2D eigenvalue weighted by Crippen LogP contribution is -2.32. The average molecular weight is 252 g/mol. The van der Waals surface area contributed by atoms with Crippen LogP contribution in [0.25, 0.3) is 0 Å². The van der Waals surface area contributed by atoms with Crippen molar-refractivity contribution in [2.75, 3.05) is 33.7 Å². The minimum atomic E-state index is -0.00371. The van der Waals surface area contributed by atoms with Crippen molar-refractivity contribution in [2.45, 2.75) is 31.8 Å². The monoisotopic (exact) mass is 252 g/mol. The summed E-state index contributed by atoms with van der Waals surface area (Å²) in [5, 5.41) is 0. The van der Waals surface area contributed by atoms with Gasteiger partial charge in [-0.15, -0.1) is 0 Å².